The van der Waals surface area contributed by atoms with Crippen LogP contribution in [0.5, 0.6) is 0 Å². The van der Waals surface area contributed by atoms with Crippen molar-refractivity contribution < 1.29 is 4.79 Å². The van der Waals surface area contributed by atoms with Gasteiger partial charge in [0.2, 0.25) is 0 Å². The van der Waals surface area contributed by atoms with Crippen molar-refractivity contribution in [1.29, 1.82) is 0 Å². The number of anilines is 1. The Morgan fingerprint density at radius 3 is 2.55 bits per heavy atom. The van der Waals surface area contributed by atoms with Crippen molar-refractivity contribution in [2.45, 2.75) is 19.8 Å². The minimum absolute atomic E-state index is 0.128. The molecule has 0 spiro atoms. The Hall–Kier alpha value is -1.07. The molecule has 1 saturated heterocycles. The van der Waals surface area contributed by atoms with E-state index in [0.29, 0.717) is 10.1 Å². The van der Waals surface area contributed by atoms with Gasteiger partial charge in [0.25, 0.3) is 0 Å². The third-order valence-corrected chi connectivity index (χ3v) is 4.63. The molecule has 0 radical (unpaired) electrons. The van der Waals surface area contributed by atoms with E-state index in [9.17, 15) is 4.79 Å². The molecule has 3 nitrogen and oxygen atoms in total. The lowest BCUT2D eigenvalue weighted by Crippen LogP contribution is -2.19. The summed E-state index contributed by atoms with van der Waals surface area (Å²) < 4.78 is 0.689. The maximum Gasteiger partial charge on any atom is 0.173 e. The van der Waals surface area contributed by atoms with E-state index in [0.717, 1.165) is 25.2 Å². The normalized spacial score (nSPS) is 14.3. The number of hydrogen-bond acceptors (Lipinski definition) is 4. The van der Waals surface area contributed by atoms with Crippen molar-refractivity contribution in [3.05, 3.63) is 29.8 Å². The zero-order valence-electron chi connectivity index (χ0n) is 11.7. The molecule has 0 unspecified atom stereocenters. The second-order valence-corrected chi connectivity index (χ2v) is 6.42. The standard InChI is InChI=1S/C15H20N2OS2/c1-2-16-15(19)20-11-14(18)12-5-7-13(8-6-12)17-9-3-4-10-17/h5-8H,2-4,9-11H2,1H3,(H,16,19). The highest BCUT2D eigenvalue weighted by Gasteiger charge is 2.13. The van der Waals surface area contributed by atoms with E-state index in [4.69, 9.17) is 12.2 Å². The third kappa shape index (κ3) is 4.21. The van der Waals surface area contributed by atoms with Crippen LogP contribution in [0.25, 0.3) is 0 Å². The number of rotatable bonds is 5. The number of nitrogens with one attached hydrogen (secondary N) is 1. The second kappa shape index (κ2) is 7.64. The van der Waals surface area contributed by atoms with Gasteiger partial charge in [-0.3, -0.25) is 4.79 Å². The van der Waals surface area contributed by atoms with E-state index in [2.05, 4.69) is 10.2 Å². The fraction of sp³-hybridized carbons (Fsp3) is 0.467. The fourth-order valence-corrected chi connectivity index (χ4v) is 3.24. The van der Waals surface area contributed by atoms with Crippen LogP contribution in [0.2, 0.25) is 0 Å². The van der Waals surface area contributed by atoms with Gasteiger partial charge in [0.1, 0.15) is 4.32 Å². The van der Waals surface area contributed by atoms with Gasteiger partial charge in [0.05, 0.1) is 5.75 Å². The van der Waals surface area contributed by atoms with E-state index in [1.54, 1.807) is 0 Å². The molecule has 2 rings (SSSR count). The first-order valence-corrected chi connectivity index (χ1v) is 8.39. The predicted octanol–water partition coefficient (Wildman–Crippen LogP) is 3.10. The SMILES string of the molecule is CCNC(=S)SCC(=O)c1ccc(N2CCCC2)cc1. The van der Waals surface area contributed by atoms with E-state index in [1.807, 2.05) is 31.2 Å². The Bertz CT molecular complexity index is 467. The number of carbonyl (C=O) groups excluding carboxylic acids is 1. The number of carbonyl (C=O) groups is 1. The molecule has 0 aromatic heterocycles. The molecule has 0 aliphatic carbocycles. The minimum atomic E-state index is 0.128. The van der Waals surface area contributed by atoms with Crippen LogP contribution in [-0.4, -0.2) is 35.5 Å². The number of Topliss-reactive ketones (excluding diaryl/α,β-unsaturated/α-hetero) is 1. The predicted molar refractivity (Wildman–Crippen MR) is 91.0 cm³/mol. The Morgan fingerprint density at radius 2 is 1.95 bits per heavy atom. The molecule has 0 saturated carbocycles. The quantitative estimate of drug-likeness (QED) is 0.667. The molecule has 108 valence electrons. The van der Waals surface area contributed by atoms with Crippen molar-refractivity contribution >= 4 is 39.8 Å². The summed E-state index contributed by atoms with van der Waals surface area (Å²) in [6.45, 7) is 5.04. The summed E-state index contributed by atoms with van der Waals surface area (Å²) in [5, 5.41) is 3.03. The molecule has 0 amide bonds. The zero-order chi connectivity index (χ0) is 14.4. The topological polar surface area (TPSA) is 32.3 Å². The smallest absolute Gasteiger partial charge is 0.173 e. The molecule has 1 aliphatic heterocycles. The third-order valence-electron chi connectivity index (χ3n) is 3.32. The lowest BCUT2D eigenvalue weighted by atomic mass is 10.1. The van der Waals surface area contributed by atoms with Crippen LogP contribution in [0.15, 0.2) is 24.3 Å². The van der Waals surface area contributed by atoms with E-state index in [1.165, 1.54) is 30.3 Å². The maximum absolute atomic E-state index is 12.1. The number of benzene rings is 1. The molecule has 5 heteroatoms. The summed E-state index contributed by atoms with van der Waals surface area (Å²) in [7, 11) is 0. The summed E-state index contributed by atoms with van der Waals surface area (Å²) in [5.74, 6) is 0.526. The van der Waals surface area contributed by atoms with Gasteiger partial charge in [0.15, 0.2) is 5.78 Å². The van der Waals surface area contributed by atoms with E-state index >= 15 is 0 Å². The maximum atomic E-state index is 12.1. The van der Waals surface area contributed by atoms with Crippen molar-refractivity contribution in [3.63, 3.8) is 0 Å². The van der Waals surface area contributed by atoms with Gasteiger partial charge in [0, 0.05) is 30.9 Å². The van der Waals surface area contributed by atoms with Crippen LogP contribution in [0.3, 0.4) is 0 Å². The van der Waals surface area contributed by atoms with Crippen molar-refractivity contribution in [2.24, 2.45) is 0 Å². The molecule has 1 N–H and O–H groups in total. The van der Waals surface area contributed by atoms with Crippen LogP contribution in [-0.2, 0) is 0 Å². The average molecular weight is 308 g/mol. The van der Waals surface area contributed by atoms with E-state index < -0.39 is 0 Å². The summed E-state index contributed by atoms with van der Waals surface area (Å²) in [6.07, 6.45) is 2.53. The molecule has 1 heterocycles. The van der Waals surface area contributed by atoms with Crippen molar-refractivity contribution in [3.8, 4) is 0 Å². The fourth-order valence-electron chi connectivity index (χ4n) is 2.24. The number of nitrogens with zero attached hydrogens (tertiary/aromatic N) is 1. The number of thioether (sulfide) groups is 1. The molecule has 1 aromatic carbocycles. The highest BCUT2D eigenvalue weighted by molar-refractivity contribution is 8.23. The Morgan fingerprint density at radius 1 is 1.30 bits per heavy atom. The zero-order valence-corrected chi connectivity index (χ0v) is 13.4. The minimum Gasteiger partial charge on any atom is -0.372 e. The highest BCUT2D eigenvalue weighted by atomic mass is 32.2. The molecule has 1 fully saturated rings. The van der Waals surface area contributed by atoms with Gasteiger partial charge in [-0.1, -0.05) is 24.0 Å². The first-order chi connectivity index (χ1) is 9.70. The van der Waals surface area contributed by atoms with Crippen LogP contribution in [0.1, 0.15) is 30.1 Å². The van der Waals surface area contributed by atoms with Gasteiger partial charge >= 0.3 is 0 Å². The van der Waals surface area contributed by atoms with Crippen molar-refractivity contribution in [2.75, 3.05) is 30.3 Å². The van der Waals surface area contributed by atoms with Crippen LogP contribution in [0, 0.1) is 0 Å². The van der Waals surface area contributed by atoms with E-state index in [-0.39, 0.29) is 5.78 Å². The summed E-state index contributed by atoms with van der Waals surface area (Å²) in [6, 6.07) is 7.94. The molecule has 0 bridgehead atoms. The van der Waals surface area contributed by atoms with Gasteiger partial charge < -0.3 is 10.2 Å². The van der Waals surface area contributed by atoms with Gasteiger partial charge in [-0.15, -0.1) is 0 Å². The summed E-state index contributed by atoms with van der Waals surface area (Å²) >= 11 is 6.50. The van der Waals surface area contributed by atoms with Crippen molar-refractivity contribution in [1.82, 2.24) is 5.32 Å². The largest absolute Gasteiger partial charge is 0.372 e. The second-order valence-electron chi connectivity index (χ2n) is 4.77. The molecular formula is C15H20N2OS2. The van der Waals surface area contributed by atoms with Crippen LogP contribution < -0.4 is 10.2 Å². The van der Waals surface area contributed by atoms with Crippen LogP contribution in [0.4, 0.5) is 5.69 Å². The molecular weight excluding hydrogens is 288 g/mol. The Balaban J connectivity index is 1.88. The number of hydrogen-bond donors (Lipinski definition) is 1. The molecule has 1 aliphatic rings. The monoisotopic (exact) mass is 308 g/mol. The van der Waals surface area contributed by atoms with Gasteiger partial charge in [-0.2, -0.15) is 0 Å². The lowest BCUT2D eigenvalue weighted by Gasteiger charge is -2.17. The molecule has 0 atom stereocenters. The Labute approximate surface area is 130 Å². The summed E-state index contributed by atoms with van der Waals surface area (Å²) in [5.41, 5.74) is 1.98. The summed E-state index contributed by atoms with van der Waals surface area (Å²) in [4.78, 5) is 14.4. The van der Waals surface area contributed by atoms with Gasteiger partial charge in [-0.25, -0.2) is 0 Å². The van der Waals surface area contributed by atoms with Crippen LogP contribution >= 0.6 is 24.0 Å². The van der Waals surface area contributed by atoms with Gasteiger partial charge in [-0.05, 0) is 44.0 Å². The Kier molecular flexibility index (Phi) is 5.86. The molecule has 1 aromatic rings. The number of thiocarbonyl (C=S) groups is 1. The molecule has 20 heavy (non-hydrogen) atoms. The number of ketones is 1. The highest BCUT2D eigenvalue weighted by Crippen LogP contribution is 2.21. The average Bonchev–Trinajstić information content (AvgIpc) is 2.99. The lowest BCUT2D eigenvalue weighted by molar-refractivity contribution is 0.102. The first-order valence-electron chi connectivity index (χ1n) is 6.99. The first kappa shape index (κ1) is 15.3.